The summed E-state index contributed by atoms with van der Waals surface area (Å²) in [4.78, 5) is 13.4. The smallest absolute Gasteiger partial charge is 0.159 e. The van der Waals surface area contributed by atoms with E-state index in [1.807, 2.05) is 51.1 Å². The first-order valence-electron chi connectivity index (χ1n) is 13.6. The van der Waals surface area contributed by atoms with Crippen molar-refractivity contribution in [1.82, 2.24) is 13.6 Å². The number of benzene rings is 1. The standard InChI is InChI=1S/C14H31N.C9H10O.C8H10N2S/c1-5-9-14(10-6-2)13-15(11-7-3)12-8-4;1-7-3-5-9(6-4-7)8(2)10;1-4-5-6(2)8-7(3)9-11-10-8/h14H,5-13H2,1-4H3;3-6H,1-2H3;4-5H,1H2,2-3H3/b;;6-5-. The molecular weight excluding hydrogens is 462 g/mol. The van der Waals surface area contributed by atoms with Gasteiger partial charge in [-0.05, 0) is 78.0 Å². The van der Waals surface area contributed by atoms with Gasteiger partial charge >= 0.3 is 0 Å². The molecule has 1 heterocycles. The first-order valence-corrected chi connectivity index (χ1v) is 14.4. The van der Waals surface area contributed by atoms with Crippen molar-refractivity contribution >= 4 is 23.1 Å². The first kappa shape index (κ1) is 33.9. The fraction of sp³-hybridized carbons (Fsp3) is 0.581. The van der Waals surface area contributed by atoms with Crippen LogP contribution in [0.1, 0.15) is 107 Å². The second kappa shape index (κ2) is 21.0. The first-order chi connectivity index (χ1) is 17.2. The molecule has 4 nitrogen and oxygen atoms in total. The molecule has 5 heteroatoms. The molecule has 0 amide bonds. The Balaban J connectivity index is 0.000000522. The zero-order valence-corrected chi connectivity index (χ0v) is 25.1. The number of aryl methyl sites for hydroxylation is 2. The second-order valence-corrected chi connectivity index (χ2v) is 9.98. The van der Waals surface area contributed by atoms with E-state index in [1.54, 1.807) is 13.0 Å². The average Bonchev–Trinajstić information content (AvgIpc) is 3.27. The number of hydrogen-bond donors (Lipinski definition) is 0. The van der Waals surface area contributed by atoms with E-state index < -0.39 is 0 Å². The number of carbonyl (C=O) groups excluding carboxylic acids is 1. The topological polar surface area (TPSA) is 46.1 Å². The molecule has 0 radical (unpaired) electrons. The third-order valence-corrected chi connectivity index (χ3v) is 6.46. The lowest BCUT2D eigenvalue weighted by molar-refractivity contribution is 0.101. The highest BCUT2D eigenvalue weighted by Gasteiger charge is 2.11. The number of ketones is 1. The van der Waals surface area contributed by atoms with Crippen molar-refractivity contribution in [3.63, 3.8) is 0 Å². The van der Waals surface area contributed by atoms with Gasteiger partial charge in [-0.15, -0.1) is 0 Å². The summed E-state index contributed by atoms with van der Waals surface area (Å²) in [5.74, 6) is 1.07. The number of Topliss-reactive ketones (excluding diaryl/α,β-unsaturated/α-hetero) is 1. The van der Waals surface area contributed by atoms with Crippen molar-refractivity contribution in [2.75, 3.05) is 19.6 Å². The van der Waals surface area contributed by atoms with Crippen LogP contribution in [-0.4, -0.2) is 39.1 Å². The van der Waals surface area contributed by atoms with Gasteiger partial charge in [-0.3, -0.25) is 4.79 Å². The highest BCUT2D eigenvalue weighted by atomic mass is 32.1. The minimum Gasteiger partial charge on any atom is -0.303 e. The maximum atomic E-state index is 10.8. The quantitative estimate of drug-likeness (QED) is 0.198. The molecule has 36 heavy (non-hydrogen) atoms. The molecule has 0 aliphatic rings. The van der Waals surface area contributed by atoms with Crippen molar-refractivity contribution < 1.29 is 4.79 Å². The van der Waals surface area contributed by atoms with Crippen LogP contribution >= 0.6 is 11.7 Å². The van der Waals surface area contributed by atoms with Gasteiger partial charge in [-0.1, -0.05) is 89.1 Å². The van der Waals surface area contributed by atoms with Crippen molar-refractivity contribution in [3.8, 4) is 0 Å². The lowest BCUT2D eigenvalue weighted by Crippen LogP contribution is -2.31. The van der Waals surface area contributed by atoms with E-state index in [0.717, 1.165) is 28.4 Å². The average molecular weight is 514 g/mol. The van der Waals surface area contributed by atoms with Crippen molar-refractivity contribution in [2.45, 2.75) is 93.9 Å². The van der Waals surface area contributed by atoms with E-state index in [9.17, 15) is 4.79 Å². The van der Waals surface area contributed by atoms with Gasteiger partial charge in [-0.25, -0.2) is 0 Å². The van der Waals surface area contributed by atoms with E-state index in [2.05, 4.69) is 47.9 Å². The zero-order chi connectivity index (χ0) is 27.3. The predicted octanol–water partition coefficient (Wildman–Crippen LogP) is 8.96. The molecule has 2 rings (SSSR count). The number of hydrogen-bond acceptors (Lipinski definition) is 5. The number of allylic oxidation sites excluding steroid dienone is 3. The van der Waals surface area contributed by atoms with Gasteiger partial charge < -0.3 is 4.90 Å². The van der Waals surface area contributed by atoms with Gasteiger partial charge in [0.15, 0.2) is 5.78 Å². The Morgan fingerprint density at radius 3 is 1.89 bits per heavy atom. The van der Waals surface area contributed by atoms with Crippen molar-refractivity contribution in [1.29, 1.82) is 0 Å². The molecule has 0 aliphatic carbocycles. The Bertz CT molecular complexity index is 844. The molecule has 0 saturated carbocycles. The van der Waals surface area contributed by atoms with E-state index in [4.69, 9.17) is 0 Å². The number of nitrogens with zero attached hydrogens (tertiary/aromatic N) is 3. The van der Waals surface area contributed by atoms with Crippen LogP contribution in [0.25, 0.3) is 5.57 Å². The van der Waals surface area contributed by atoms with Crippen LogP contribution in [0.2, 0.25) is 0 Å². The molecule has 0 saturated heterocycles. The maximum Gasteiger partial charge on any atom is 0.159 e. The van der Waals surface area contributed by atoms with Crippen LogP contribution in [0.4, 0.5) is 0 Å². The van der Waals surface area contributed by atoms with Crippen LogP contribution in [0, 0.1) is 19.8 Å². The summed E-state index contributed by atoms with van der Waals surface area (Å²) < 4.78 is 8.22. The number of carbonyl (C=O) groups is 1. The molecule has 0 unspecified atom stereocenters. The summed E-state index contributed by atoms with van der Waals surface area (Å²) in [6.07, 6.45) is 11.8. The van der Waals surface area contributed by atoms with Crippen LogP contribution < -0.4 is 0 Å². The minimum atomic E-state index is 0.125. The minimum absolute atomic E-state index is 0.125. The van der Waals surface area contributed by atoms with Gasteiger partial charge in [-0.2, -0.15) is 8.75 Å². The molecule has 1 aromatic heterocycles. The van der Waals surface area contributed by atoms with Crippen LogP contribution in [0.5, 0.6) is 0 Å². The fourth-order valence-corrected chi connectivity index (χ4v) is 4.68. The second-order valence-electron chi connectivity index (χ2n) is 9.45. The van der Waals surface area contributed by atoms with Gasteiger partial charge in [0.05, 0.1) is 17.4 Å². The fourth-order valence-electron chi connectivity index (χ4n) is 4.07. The van der Waals surface area contributed by atoms with Crippen LogP contribution in [0.3, 0.4) is 0 Å². The highest BCUT2D eigenvalue weighted by molar-refractivity contribution is 6.99. The Hall–Kier alpha value is -2.11. The molecule has 0 atom stereocenters. The molecule has 2 aromatic rings. The molecule has 0 fully saturated rings. The lowest BCUT2D eigenvalue weighted by Gasteiger charge is -2.26. The largest absolute Gasteiger partial charge is 0.303 e. The Labute approximate surface area is 226 Å². The van der Waals surface area contributed by atoms with E-state index in [1.165, 1.54) is 75.5 Å². The van der Waals surface area contributed by atoms with Crippen molar-refractivity contribution in [3.05, 3.63) is 65.5 Å². The Morgan fingerprint density at radius 2 is 1.50 bits per heavy atom. The highest BCUT2D eigenvalue weighted by Crippen LogP contribution is 2.16. The Kier molecular flexibility index (Phi) is 19.8. The predicted molar refractivity (Wildman–Crippen MR) is 160 cm³/mol. The third kappa shape index (κ3) is 15.1. The van der Waals surface area contributed by atoms with Crippen molar-refractivity contribution in [2.24, 2.45) is 5.92 Å². The van der Waals surface area contributed by atoms with Crippen LogP contribution in [0.15, 0.2) is 43.0 Å². The molecule has 0 aliphatic heterocycles. The molecular formula is C31H51N3OS. The van der Waals surface area contributed by atoms with E-state index in [0.29, 0.717) is 0 Å². The van der Waals surface area contributed by atoms with Gasteiger partial charge in [0.25, 0.3) is 0 Å². The van der Waals surface area contributed by atoms with Crippen LogP contribution in [-0.2, 0) is 0 Å². The molecule has 0 spiro atoms. The molecule has 202 valence electrons. The normalized spacial score (nSPS) is 11.0. The number of aromatic nitrogens is 2. The lowest BCUT2D eigenvalue weighted by atomic mass is 9.97. The summed E-state index contributed by atoms with van der Waals surface area (Å²) in [6, 6.07) is 7.57. The van der Waals surface area contributed by atoms with E-state index in [-0.39, 0.29) is 5.78 Å². The molecule has 1 aromatic carbocycles. The SMILES string of the molecule is C=C/C=C(/C)c1nsnc1C.CC(=O)c1ccc(C)cc1.CCCC(CCC)CN(CCC)CCC. The zero-order valence-electron chi connectivity index (χ0n) is 24.3. The third-order valence-electron chi connectivity index (χ3n) is 5.84. The summed E-state index contributed by atoms with van der Waals surface area (Å²) >= 11 is 1.25. The van der Waals surface area contributed by atoms with Gasteiger partial charge in [0.1, 0.15) is 5.69 Å². The Morgan fingerprint density at radius 1 is 0.944 bits per heavy atom. The maximum absolute atomic E-state index is 10.8. The molecule has 0 bridgehead atoms. The van der Waals surface area contributed by atoms with Gasteiger partial charge in [0.2, 0.25) is 0 Å². The summed E-state index contributed by atoms with van der Waals surface area (Å²) in [6.45, 7) is 24.3. The van der Waals surface area contributed by atoms with E-state index >= 15 is 0 Å². The summed E-state index contributed by atoms with van der Waals surface area (Å²) in [7, 11) is 0. The summed E-state index contributed by atoms with van der Waals surface area (Å²) in [5, 5.41) is 0. The van der Waals surface area contributed by atoms with Gasteiger partial charge in [0, 0.05) is 12.1 Å². The monoisotopic (exact) mass is 513 g/mol. The number of rotatable bonds is 13. The summed E-state index contributed by atoms with van der Waals surface area (Å²) in [5.41, 5.74) is 5.06. The molecule has 0 N–H and O–H groups in total.